The van der Waals surface area contributed by atoms with E-state index in [-0.39, 0.29) is 0 Å². The van der Waals surface area contributed by atoms with Crippen LogP contribution in [0.3, 0.4) is 0 Å². The normalized spacial score (nSPS) is 9.95. The third kappa shape index (κ3) is 4.23. The highest BCUT2D eigenvalue weighted by molar-refractivity contribution is 6.30. The van der Waals surface area contributed by atoms with Crippen LogP contribution in [0.1, 0.15) is 10.4 Å². The Morgan fingerprint density at radius 1 is 1.05 bits per heavy atom. The van der Waals surface area contributed by atoms with Crippen LogP contribution in [0.2, 0.25) is 5.02 Å². The molecule has 0 fully saturated rings. The van der Waals surface area contributed by atoms with Crippen LogP contribution in [-0.2, 0) is 0 Å². The maximum Gasteiger partial charge on any atom is 0.326 e. The summed E-state index contributed by atoms with van der Waals surface area (Å²) in [4.78, 5) is 25.7. The Morgan fingerprint density at radius 2 is 1.73 bits per heavy atom. The van der Waals surface area contributed by atoms with Crippen molar-refractivity contribution in [2.45, 2.75) is 0 Å². The first-order valence-electron chi connectivity index (χ1n) is 6.61. The quantitative estimate of drug-likeness (QED) is 0.912. The topological polar surface area (TPSA) is 61.4 Å². The number of nitrogens with one attached hydrogen (secondary N) is 2. The fourth-order valence-electron chi connectivity index (χ4n) is 1.80. The van der Waals surface area contributed by atoms with E-state index in [0.717, 1.165) is 5.69 Å². The van der Waals surface area contributed by atoms with E-state index >= 15 is 0 Å². The van der Waals surface area contributed by atoms with Gasteiger partial charge in [-0.2, -0.15) is 0 Å². The predicted octanol–water partition coefficient (Wildman–Crippen LogP) is 3.37. The van der Waals surface area contributed by atoms with E-state index in [1.807, 2.05) is 37.2 Å². The lowest BCUT2D eigenvalue weighted by Gasteiger charge is -2.14. The minimum absolute atomic E-state index is 0.363. The van der Waals surface area contributed by atoms with Crippen LogP contribution in [0.15, 0.2) is 48.5 Å². The molecule has 0 spiro atoms. The highest BCUT2D eigenvalue weighted by atomic mass is 35.5. The average molecular weight is 318 g/mol. The number of urea groups is 1. The van der Waals surface area contributed by atoms with Crippen molar-refractivity contribution in [1.82, 2.24) is 5.32 Å². The second-order valence-corrected chi connectivity index (χ2v) is 5.30. The molecule has 5 nitrogen and oxygen atoms in total. The van der Waals surface area contributed by atoms with E-state index in [0.29, 0.717) is 16.3 Å². The van der Waals surface area contributed by atoms with Gasteiger partial charge in [-0.3, -0.25) is 10.1 Å². The summed E-state index contributed by atoms with van der Waals surface area (Å²) in [5, 5.41) is 5.42. The molecule has 0 aliphatic rings. The van der Waals surface area contributed by atoms with Crippen molar-refractivity contribution in [3.05, 3.63) is 59.1 Å². The van der Waals surface area contributed by atoms with Gasteiger partial charge in [-0.15, -0.1) is 0 Å². The largest absolute Gasteiger partial charge is 0.378 e. The number of hydrogen-bond donors (Lipinski definition) is 2. The summed E-state index contributed by atoms with van der Waals surface area (Å²) >= 11 is 5.75. The molecule has 0 aliphatic heterocycles. The van der Waals surface area contributed by atoms with Crippen molar-refractivity contribution in [3.63, 3.8) is 0 Å². The lowest BCUT2D eigenvalue weighted by molar-refractivity contribution is 0.0967. The van der Waals surface area contributed by atoms with Crippen molar-refractivity contribution in [3.8, 4) is 0 Å². The molecule has 2 aromatic rings. The average Bonchev–Trinajstić information content (AvgIpc) is 2.47. The molecule has 2 rings (SSSR count). The van der Waals surface area contributed by atoms with Crippen LogP contribution >= 0.6 is 11.6 Å². The number of anilines is 2. The SMILES string of the molecule is CN(C)c1cccc(NC(=O)NC(=O)c2ccc(Cl)cc2)c1. The molecule has 0 aliphatic carbocycles. The summed E-state index contributed by atoms with van der Waals surface area (Å²) in [6, 6.07) is 13.0. The summed E-state index contributed by atoms with van der Waals surface area (Å²) in [6.07, 6.45) is 0. The molecule has 0 unspecified atom stereocenters. The van der Waals surface area contributed by atoms with Crippen LogP contribution in [0.5, 0.6) is 0 Å². The minimum Gasteiger partial charge on any atom is -0.378 e. The second kappa shape index (κ2) is 6.95. The van der Waals surface area contributed by atoms with E-state index in [9.17, 15) is 9.59 Å². The number of amides is 3. The molecule has 114 valence electrons. The summed E-state index contributed by atoms with van der Waals surface area (Å²) < 4.78 is 0. The van der Waals surface area contributed by atoms with Gasteiger partial charge in [0.25, 0.3) is 5.91 Å². The van der Waals surface area contributed by atoms with Gasteiger partial charge in [0, 0.05) is 36.1 Å². The van der Waals surface area contributed by atoms with E-state index < -0.39 is 11.9 Å². The molecule has 0 heterocycles. The molecule has 0 radical (unpaired) electrons. The predicted molar refractivity (Wildman–Crippen MR) is 88.7 cm³/mol. The highest BCUT2D eigenvalue weighted by Gasteiger charge is 2.10. The molecule has 6 heteroatoms. The van der Waals surface area contributed by atoms with Gasteiger partial charge in [0.15, 0.2) is 0 Å². The van der Waals surface area contributed by atoms with Crippen LogP contribution in [0, 0.1) is 0 Å². The molecular weight excluding hydrogens is 302 g/mol. The van der Waals surface area contributed by atoms with Crippen LogP contribution in [-0.4, -0.2) is 26.0 Å². The third-order valence-electron chi connectivity index (χ3n) is 2.95. The van der Waals surface area contributed by atoms with Crippen LogP contribution < -0.4 is 15.5 Å². The molecule has 0 aromatic heterocycles. The number of rotatable bonds is 3. The molecular formula is C16H16ClN3O2. The van der Waals surface area contributed by atoms with E-state index in [2.05, 4.69) is 10.6 Å². The number of halogens is 1. The minimum atomic E-state index is -0.587. The van der Waals surface area contributed by atoms with Gasteiger partial charge in [-0.05, 0) is 42.5 Å². The fourth-order valence-corrected chi connectivity index (χ4v) is 1.93. The summed E-state index contributed by atoms with van der Waals surface area (Å²) in [5.41, 5.74) is 1.91. The van der Waals surface area contributed by atoms with Crippen molar-refractivity contribution >= 4 is 34.9 Å². The molecule has 22 heavy (non-hydrogen) atoms. The van der Waals surface area contributed by atoms with Crippen molar-refractivity contribution in [1.29, 1.82) is 0 Å². The van der Waals surface area contributed by atoms with Gasteiger partial charge in [-0.25, -0.2) is 4.79 Å². The smallest absolute Gasteiger partial charge is 0.326 e. The maximum absolute atomic E-state index is 11.9. The standard InChI is InChI=1S/C16H16ClN3O2/c1-20(2)14-5-3-4-13(10-14)18-16(22)19-15(21)11-6-8-12(17)9-7-11/h3-10H,1-2H3,(H2,18,19,21,22). The van der Waals surface area contributed by atoms with E-state index in [4.69, 9.17) is 11.6 Å². The second-order valence-electron chi connectivity index (χ2n) is 4.86. The Bertz CT molecular complexity index is 684. The number of nitrogens with zero attached hydrogens (tertiary/aromatic N) is 1. The summed E-state index contributed by atoms with van der Waals surface area (Å²) in [6.45, 7) is 0. The molecule has 0 bridgehead atoms. The highest BCUT2D eigenvalue weighted by Crippen LogP contribution is 2.17. The van der Waals surface area contributed by atoms with Crippen LogP contribution in [0.4, 0.5) is 16.2 Å². The molecule has 0 atom stereocenters. The number of imide groups is 1. The van der Waals surface area contributed by atoms with Gasteiger partial charge < -0.3 is 10.2 Å². The Kier molecular flexibility index (Phi) is 5.01. The molecule has 2 aromatic carbocycles. The first kappa shape index (κ1) is 15.9. The Balaban J connectivity index is 1.99. The molecule has 0 saturated heterocycles. The van der Waals surface area contributed by atoms with Gasteiger partial charge in [0.1, 0.15) is 0 Å². The van der Waals surface area contributed by atoms with Crippen LogP contribution in [0.25, 0.3) is 0 Å². The zero-order valence-electron chi connectivity index (χ0n) is 12.3. The first-order chi connectivity index (χ1) is 10.5. The monoisotopic (exact) mass is 317 g/mol. The van der Waals surface area contributed by atoms with Crippen molar-refractivity contribution < 1.29 is 9.59 Å². The van der Waals surface area contributed by atoms with Gasteiger partial charge >= 0.3 is 6.03 Å². The zero-order valence-corrected chi connectivity index (χ0v) is 13.0. The number of carbonyl (C=O) groups excluding carboxylic acids is 2. The molecule has 0 saturated carbocycles. The summed E-state index contributed by atoms with van der Waals surface area (Å²) in [7, 11) is 3.81. The number of hydrogen-bond acceptors (Lipinski definition) is 3. The maximum atomic E-state index is 11.9. The molecule has 2 N–H and O–H groups in total. The Hall–Kier alpha value is -2.53. The third-order valence-corrected chi connectivity index (χ3v) is 3.21. The number of benzene rings is 2. The van der Waals surface area contributed by atoms with Gasteiger partial charge in [0.2, 0.25) is 0 Å². The van der Waals surface area contributed by atoms with E-state index in [1.165, 1.54) is 0 Å². The van der Waals surface area contributed by atoms with Crippen molar-refractivity contribution in [2.75, 3.05) is 24.3 Å². The van der Waals surface area contributed by atoms with Crippen molar-refractivity contribution in [2.24, 2.45) is 0 Å². The zero-order chi connectivity index (χ0) is 16.1. The van der Waals surface area contributed by atoms with E-state index in [1.54, 1.807) is 30.3 Å². The number of carbonyl (C=O) groups is 2. The van der Waals surface area contributed by atoms with Gasteiger partial charge in [0.05, 0.1) is 0 Å². The first-order valence-corrected chi connectivity index (χ1v) is 6.99. The summed E-state index contributed by atoms with van der Waals surface area (Å²) in [5.74, 6) is -0.488. The lowest BCUT2D eigenvalue weighted by Crippen LogP contribution is -2.34. The molecule has 3 amide bonds. The fraction of sp³-hybridized carbons (Fsp3) is 0.125. The van der Waals surface area contributed by atoms with Gasteiger partial charge in [-0.1, -0.05) is 17.7 Å². The Labute approximate surface area is 133 Å². The lowest BCUT2D eigenvalue weighted by atomic mass is 10.2. The Morgan fingerprint density at radius 3 is 2.36 bits per heavy atom.